The van der Waals surface area contributed by atoms with Crippen molar-refractivity contribution in [1.82, 2.24) is 4.98 Å². The lowest BCUT2D eigenvalue weighted by Crippen LogP contribution is -2.20. The summed E-state index contributed by atoms with van der Waals surface area (Å²) in [4.78, 5) is 51.2. The van der Waals surface area contributed by atoms with Crippen LogP contribution in [0.2, 0.25) is 0 Å². The highest BCUT2D eigenvalue weighted by Gasteiger charge is 2.19. The van der Waals surface area contributed by atoms with Gasteiger partial charge in [0.25, 0.3) is 11.6 Å². The molecule has 0 radical (unpaired) electrons. The van der Waals surface area contributed by atoms with E-state index in [2.05, 4.69) is 15.6 Å². The number of nitro groups is 1. The van der Waals surface area contributed by atoms with E-state index in [4.69, 9.17) is 9.15 Å². The van der Waals surface area contributed by atoms with Crippen LogP contribution in [0, 0.1) is 10.1 Å². The molecule has 0 aliphatic carbocycles. The quantitative estimate of drug-likeness (QED) is 0.298. The van der Waals surface area contributed by atoms with E-state index in [9.17, 15) is 24.5 Å². The van der Waals surface area contributed by atoms with Crippen molar-refractivity contribution in [2.24, 2.45) is 0 Å². The van der Waals surface area contributed by atoms with Gasteiger partial charge >= 0.3 is 11.6 Å². The molecule has 0 saturated heterocycles. The van der Waals surface area contributed by atoms with Gasteiger partial charge in [-0.15, -0.1) is 0 Å². The summed E-state index contributed by atoms with van der Waals surface area (Å²) in [6.07, 6.45) is 3.70. The number of nitrogens with one attached hydrogen (secondary N) is 2. The Balaban J connectivity index is 1.85. The zero-order valence-electron chi connectivity index (χ0n) is 17.3. The van der Waals surface area contributed by atoms with Crippen molar-refractivity contribution >= 4 is 35.1 Å². The van der Waals surface area contributed by atoms with Gasteiger partial charge in [0.2, 0.25) is 0 Å². The summed E-state index contributed by atoms with van der Waals surface area (Å²) in [5, 5.41) is 15.9. The molecule has 168 valence electrons. The van der Waals surface area contributed by atoms with Crippen molar-refractivity contribution in [1.29, 1.82) is 0 Å². The molecule has 2 heterocycles. The highest BCUT2D eigenvalue weighted by atomic mass is 16.6. The Morgan fingerprint density at radius 3 is 2.61 bits per heavy atom. The maximum absolute atomic E-state index is 12.4. The Hall–Kier alpha value is -4.80. The van der Waals surface area contributed by atoms with Gasteiger partial charge in [-0.05, 0) is 37.3 Å². The largest absolute Gasteiger partial charge is 0.462 e. The number of carbonyl (C=O) groups excluding carboxylic acids is 2. The van der Waals surface area contributed by atoms with Crippen LogP contribution in [0.1, 0.15) is 33.4 Å². The maximum Gasteiger partial charge on any atom is 0.360 e. The van der Waals surface area contributed by atoms with Gasteiger partial charge in [0.15, 0.2) is 0 Å². The van der Waals surface area contributed by atoms with Gasteiger partial charge < -0.3 is 19.8 Å². The van der Waals surface area contributed by atoms with Gasteiger partial charge in [0.05, 0.1) is 11.5 Å². The fourth-order valence-electron chi connectivity index (χ4n) is 2.63. The third-order valence-electron chi connectivity index (χ3n) is 4.18. The zero-order chi connectivity index (χ0) is 23.8. The van der Waals surface area contributed by atoms with E-state index < -0.39 is 22.4 Å². The highest BCUT2D eigenvalue weighted by molar-refractivity contribution is 6.04. The smallest absolute Gasteiger partial charge is 0.360 e. The highest BCUT2D eigenvalue weighted by Crippen LogP contribution is 2.17. The van der Waals surface area contributed by atoms with Crippen LogP contribution in [0.3, 0.4) is 0 Å². The van der Waals surface area contributed by atoms with Crippen molar-refractivity contribution < 1.29 is 23.7 Å². The molecule has 33 heavy (non-hydrogen) atoms. The summed E-state index contributed by atoms with van der Waals surface area (Å²) in [5.74, 6) is -1.15. The number of hydrogen-bond acceptors (Lipinski definition) is 9. The van der Waals surface area contributed by atoms with Crippen LogP contribution in [0.15, 0.2) is 70.1 Å². The molecule has 0 unspecified atom stereocenters. The van der Waals surface area contributed by atoms with Crippen LogP contribution >= 0.6 is 0 Å². The molecule has 11 nitrogen and oxygen atoms in total. The lowest BCUT2D eigenvalue weighted by Gasteiger charge is -2.09. The Labute approximate surface area is 186 Å². The first-order valence-corrected chi connectivity index (χ1v) is 9.64. The summed E-state index contributed by atoms with van der Waals surface area (Å²) < 4.78 is 10.2. The van der Waals surface area contributed by atoms with E-state index in [0.717, 1.165) is 6.20 Å². The second-order valence-corrected chi connectivity index (χ2v) is 6.40. The van der Waals surface area contributed by atoms with E-state index in [0.29, 0.717) is 5.56 Å². The summed E-state index contributed by atoms with van der Waals surface area (Å²) in [6.45, 7) is 1.70. The lowest BCUT2D eigenvalue weighted by molar-refractivity contribution is -0.385. The second kappa shape index (κ2) is 10.5. The van der Waals surface area contributed by atoms with Crippen molar-refractivity contribution in [3.63, 3.8) is 0 Å². The summed E-state index contributed by atoms with van der Waals surface area (Å²) >= 11 is 0. The predicted molar refractivity (Wildman–Crippen MR) is 119 cm³/mol. The van der Waals surface area contributed by atoms with Gasteiger partial charge in [-0.3, -0.25) is 14.9 Å². The first-order chi connectivity index (χ1) is 15.9. The number of aromatic nitrogens is 1. The molecular formula is C22H18N4O7. The fraction of sp³-hybridized carbons (Fsp3) is 0.0909. The number of rotatable bonds is 8. The Bertz CT molecular complexity index is 1250. The fourth-order valence-corrected chi connectivity index (χ4v) is 2.63. The summed E-state index contributed by atoms with van der Waals surface area (Å²) in [5.41, 5.74) is -1.05. The summed E-state index contributed by atoms with van der Waals surface area (Å²) in [6, 6.07) is 12.0. The standard InChI is InChI=1S/C22H18N4O7/c1-2-32-21(28)16-12-17(25-20(27)14-6-4-3-5-7-14)22(29)33-18(16)10-11-23-19-9-8-15(13-24-19)26(30)31/h3-13H,2H2,1H3,(H,23,24)(H,25,27)/b11-10+. The van der Waals surface area contributed by atoms with Crippen molar-refractivity contribution in [3.8, 4) is 0 Å². The molecule has 3 aromatic rings. The molecule has 0 aliphatic heterocycles. The van der Waals surface area contributed by atoms with Crippen LogP contribution in [-0.2, 0) is 4.74 Å². The topological polar surface area (TPSA) is 154 Å². The van der Waals surface area contributed by atoms with E-state index in [1.54, 1.807) is 37.3 Å². The molecule has 2 N–H and O–H groups in total. The molecule has 0 atom stereocenters. The number of ether oxygens (including phenoxy) is 1. The number of carbonyl (C=O) groups is 2. The van der Waals surface area contributed by atoms with Gasteiger partial charge in [-0.1, -0.05) is 18.2 Å². The van der Waals surface area contributed by atoms with Crippen LogP contribution in [0.25, 0.3) is 6.08 Å². The molecule has 0 fully saturated rings. The van der Waals surface area contributed by atoms with Crippen LogP contribution in [0.5, 0.6) is 0 Å². The number of nitrogens with zero attached hydrogens (tertiary/aromatic N) is 2. The van der Waals surface area contributed by atoms with Crippen molar-refractivity contribution in [2.75, 3.05) is 17.2 Å². The van der Waals surface area contributed by atoms with Gasteiger partial charge in [-0.2, -0.15) is 0 Å². The molecule has 0 aliphatic rings. The average molecular weight is 450 g/mol. The molecule has 2 aromatic heterocycles. The number of benzene rings is 1. The van der Waals surface area contributed by atoms with Crippen LogP contribution in [-0.4, -0.2) is 28.4 Å². The molecule has 3 rings (SSSR count). The van der Waals surface area contributed by atoms with E-state index >= 15 is 0 Å². The number of esters is 1. The van der Waals surface area contributed by atoms with E-state index in [1.807, 2.05) is 0 Å². The minimum Gasteiger partial charge on any atom is -0.462 e. The first kappa shape index (κ1) is 22.9. The number of anilines is 2. The van der Waals surface area contributed by atoms with Gasteiger partial charge in [0.1, 0.15) is 29.0 Å². The zero-order valence-corrected chi connectivity index (χ0v) is 17.3. The van der Waals surface area contributed by atoms with E-state index in [1.165, 1.54) is 30.5 Å². The maximum atomic E-state index is 12.4. The predicted octanol–water partition coefficient (Wildman–Crippen LogP) is 3.45. The van der Waals surface area contributed by atoms with Crippen molar-refractivity contribution in [2.45, 2.75) is 6.92 Å². The average Bonchev–Trinajstić information content (AvgIpc) is 2.81. The summed E-state index contributed by atoms with van der Waals surface area (Å²) in [7, 11) is 0. The number of amides is 1. The van der Waals surface area contributed by atoms with Gasteiger partial charge in [-0.25, -0.2) is 14.6 Å². The van der Waals surface area contributed by atoms with Crippen LogP contribution in [0.4, 0.5) is 17.2 Å². The number of pyridine rings is 1. The van der Waals surface area contributed by atoms with E-state index in [-0.39, 0.29) is 35.1 Å². The molecule has 0 bridgehead atoms. The molecular weight excluding hydrogens is 432 g/mol. The molecule has 1 amide bonds. The minimum absolute atomic E-state index is 0.0811. The third kappa shape index (κ3) is 5.88. The second-order valence-electron chi connectivity index (χ2n) is 6.40. The Morgan fingerprint density at radius 1 is 1.21 bits per heavy atom. The molecule has 11 heteroatoms. The minimum atomic E-state index is -0.875. The first-order valence-electron chi connectivity index (χ1n) is 9.64. The monoisotopic (exact) mass is 450 g/mol. The van der Waals surface area contributed by atoms with Crippen molar-refractivity contribution in [3.05, 3.63) is 98.3 Å². The normalized spacial score (nSPS) is 10.6. The molecule has 1 aromatic carbocycles. The van der Waals surface area contributed by atoms with Crippen LogP contribution < -0.4 is 16.3 Å². The molecule has 0 spiro atoms. The molecule has 0 saturated carbocycles. The van der Waals surface area contributed by atoms with Gasteiger partial charge in [0, 0.05) is 17.8 Å². The lowest BCUT2D eigenvalue weighted by atomic mass is 10.1. The Kier molecular flexibility index (Phi) is 7.27. The SMILES string of the molecule is CCOC(=O)c1cc(NC(=O)c2ccccc2)c(=O)oc1/C=C/Nc1ccc([N+](=O)[O-])cn1. The number of hydrogen-bond donors (Lipinski definition) is 2. The third-order valence-corrected chi connectivity index (χ3v) is 4.18. The Morgan fingerprint density at radius 2 is 1.97 bits per heavy atom.